The summed E-state index contributed by atoms with van der Waals surface area (Å²) in [6.07, 6.45) is -1.05. The maximum Gasteiger partial charge on any atom is 0.254 e. The van der Waals surface area contributed by atoms with Crippen LogP contribution in [0.1, 0.15) is 27.6 Å². The molecule has 0 radical (unpaired) electrons. The van der Waals surface area contributed by atoms with Crippen molar-refractivity contribution in [3.63, 3.8) is 0 Å². The fourth-order valence-corrected chi connectivity index (χ4v) is 2.22. The predicted octanol–water partition coefficient (Wildman–Crippen LogP) is 3.39. The lowest BCUT2D eigenvalue weighted by atomic mass is 10.1. The number of carbonyl (C=O) groups excluding carboxylic acids is 1. The fourth-order valence-electron chi connectivity index (χ4n) is 1.96. The normalized spacial score (nSPS) is 12.0. The maximum atomic E-state index is 13.7. The van der Waals surface area contributed by atoms with E-state index in [1.807, 2.05) is 0 Å². The molecule has 0 spiro atoms. The van der Waals surface area contributed by atoms with Crippen LogP contribution < -0.4 is 5.32 Å². The molecule has 0 heterocycles. The minimum Gasteiger partial charge on any atom is -0.387 e. The number of halogens is 3. The zero-order valence-electron chi connectivity index (χ0n) is 11.7. The van der Waals surface area contributed by atoms with E-state index in [2.05, 4.69) is 5.32 Å². The van der Waals surface area contributed by atoms with Gasteiger partial charge in [0.1, 0.15) is 11.6 Å². The smallest absolute Gasteiger partial charge is 0.254 e. The largest absolute Gasteiger partial charge is 0.387 e. The Kier molecular flexibility index (Phi) is 5.11. The molecule has 3 nitrogen and oxygen atoms in total. The second kappa shape index (κ2) is 6.85. The second-order valence-electron chi connectivity index (χ2n) is 4.83. The highest BCUT2D eigenvalue weighted by Gasteiger charge is 2.17. The van der Waals surface area contributed by atoms with Gasteiger partial charge in [0.15, 0.2) is 0 Å². The summed E-state index contributed by atoms with van der Waals surface area (Å²) in [5, 5.41) is 12.7. The first-order chi connectivity index (χ1) is 10.4. The molecule has 6 heteroatoms. The molecule has 22 heavy (non-hydrogen) atoms. The molecule has 1 amide bonds. The SMILES string of the molecule is Cc1cc(F)c(C(=O)NCC(O)c2ccccc2Cl)cc1F. The summed E-state index contributed by atoms with van der Waals surface area (Å²) in [5.41, 5.74) is 0.152. The first-order valence-corrected chi connectivity index (χ1v) is 6.94. The molecular formula is C16H14ClF2NO2. The molecule has 2 aromatic rings. The van der Waals surface area contributed by atoms with Gasteiger partial charge >= 0.3 is 0 Å². The minimum atomic E-state index is -1.05. The van der Waals surface area contributed by atoms with Gasteiger partial charge in [-0.05, 0) is 30.7 Å². The van der Waals surface area contributed by atoms with E-state index in [0.29, 0.717) is 10.6 Å². The van der Waals surface area contributed by atoms with Crippen LogP contribution in [0.25, 0.3) is 0 Å². The van der Waals surface area contributed by atoms with Crippen molar-refractivity contribution in [3.05, 3.63) is 69.7 Å². The third kappa shape index (κ3) is 3.61. The molecule has 0 fully saturated rings. The number of hydrogen-bond donors (Lipinski definition) is 2. The predicted molar refractivity (Wildman–Crippen MR) is 79.8 cm³/mol. The minimum absolute atomic E-state index is 0.116. The van der Waals surface area contributed by atoms with Crippen molar-refractivity contribution in [2.45, 2.75) is 13.0 Å². The Balaban J connectivity index is 2.07. The molecule has 2 aromatic carbocycles. The maximum absolute atomic E-state index is 13.7. The monoisotopic (exact) mass is 325 g/mol. The number of nitrogens with one attached hydrogen (secondary N) is 1. The van der Waals surface area contributed by atoms with Gasteiger partial charge in [0.05, 0.1) is 11.7 Å². The van der Waals surface area contributed by atoms with Gasteiger partial charge in [0.2, 0.25) is 0 Å². The van der Waals surface area contributed by atoms with Crippen LogP contribution in [-0.2, 0) is 0 Å². The lowest BCUT2D eigenvalue weighted by molar-refractivity contribution is 0.0912. The van der Waals surface area contributed by atoms with Crippen LogP contribution >= 0.6 is 11.6 Å². The van der Waals surface area contributed by atoms with E-state index in [-0.39, 0.29) is 12.1 Å². The van der Waals surface area contributed by atoms with Gasteiger partial charge in [0.25, 0.3) is 5.91 Å². The molecule has 0 aliphatic rings. The molecular weight excluding hydrogens is 312 g/mol. The summed E-state index contributed by atoms with van der Waals surface area (Å²) < 4.78 is 27.1. The van der Waals surface area contributed by atoms with E-state index >= 15 is 0 Å². The topological polar surface area (TPSA) is 49.3 Å². The molecule has 0 saturated heterocycles. The molecule has 0 saturated carbocycles. The fraction of sp³-hybridized carbons (Fsp3) is 0.188. The van der Waals surface area contributed by atoms with Crippen molar-refractivity contribution >= 4 is 17.5 Å². The number of benzene rings is 2. The first-order valence-electron chi connectivity index (χ1n) is 6.56. The number of carbonyl (C=O) groups is 1. The van der Waals surface area contributed by atoms with E-state index in [1.165, 1.54) is 6.92 Å². The Bertz CT molecular complexity index is 707. The number of aliphatic hydroxyl groups excluding tert-OH is 1. The molecule has 116 valence electrons. The lowest BCUT2D eigenvalue weighted by Crippen LogP contribution is -2.29. The van der Waals surface area contributed by atoms with Crippen molar-refractivity contribution in [2.24, 2.45) is 0 Å². The quantitative estimate of drug-likeness (QED) is 0.905. The zero-order valence-corrected chi connectivity index (χ0v) is 12.5. The number of hydrogen-bond acceptors (Lipinski definition) is 2. The molecule has 0 aliphatic heterocycles. The van der Waals surface area contributed by atoms with Crippen LogP contribution in [0, 0.1) is 18.6 Å². The average molecular weight is 326 g/mol. The summed E-state index contributed by atoms with van der Waals surface area (Å²) >= 11 is 5.93. The highest BCUT2D eigenvalue weighted by atomic mass is 35.5. The molecule has 2 N–H and O–H groups in total. The van der Waals surface area contributed by atoms with Gasteiger partial charge in [0, 0.05) is 17.1 Å². The van der Waals surface area contributed by atoms with Crippen LogP contribution in [0.3, 0.4) is 0 Å². The number of aliphatic hydroxyl groups is 1. The second-order valence-corrected chi connectivity index (χ2v) is 5.24. The summed E-state index contributed by atoms with van der Waals surface area (Å²) in [6.45, 7) is 1.23. The van der Waals surface area contributed by atoms with Gasteiger partial charge in [-0.2, -0.15) is 0 Å². The number of rotatable bonds is 4. The van der Waals surface area contributed by atoms with Crippen molar-refractivity contribution in [1.29, 1.82) is 0 Å². The standard InChI is InChI=1S/C16H14ClF2NO2/c1-9-6-14(19)11(7-13(9)18)16(22)20-8-15(21)10-4-2-3-5-12(10)17/h2-7,15,21H,8H2,1H3,(H,20,22). The van der Waals surface area contributed by atoms with Crippen LogP contribution in [-0.4, -0.2) is 17.6 Å². The van der Waals surface area contributed by atoms with Crippen molar-refractivity contribution in [3.8, 4) is 0 Å². The Hall–Kier alpha value is -1.98. The number of aryl methyl sites for hydroxylation is 1. The number of amides is 1. The average Bonchev–Trinajstić information content (AvgIpc) is 2.48. The molecule has 0 bridgehead atoms. The molecule has 2 rings (SSSR count). The summed E-state index contributed by atoms with van der Waals surface area (Å²) in [7, 11) is 0. The van der Waals surface area contributed by atoms with E-state index < -0.39 is 29.2 Å². The van der Waals surface area contributed by atoms with Gasteiger partial charge in [-0.25, -0.2) is 8.78 Å². The summed E-state index contributed by atoms with van der Waals surface area (Å²) in [6, 6.07) is 8.42. The van der Waals surface area contributed by atoms with Crippen LogP contribution in [0.4, 0.5) is 8.78 Å². The van der Waals surface area contributed by atoms with Crippen LogP contribution in [0.5, 0.6) is 0 Å². The van der Waals surface area contributed by atoms with Crippen LogP contribution in [0.2, 0.25) is 5.02 Å². The van der Waals surface area contributed by atoms with E-state index in [0.717, 1.165) is 12.1 Å². The lowest BCUT2D eigenvalue weighted by Gasteiger charge is -2.14. The molecule has 1 unspecified atom stereocenters. The van der Waals surface area contributed by atoms with Gasteiger partial charge < -0.3 is 10.4 Å². The Morgan fingerprint density at radius 2 is 1.95 bits per heavy atom. The molecule has 0 aliphatic carbocycles. The third-order valence-corrected chi connectivity index (χ3v) is 3.56. The van der Waals surface area contributed by atoms with Crippen molar-refractivity contribution < 1.29 is 18.7 Å². The Labute approximate surface area is 131 Å². The molecule has 1 atom stereocenters. The zero-order chi connectivity index (χ0) is 16.3. The van der Waals surface area contributed by atoms with Crippen molar-refractivity contribution in [1.82, 2.24) is 5.32 Å². The summed E-state index contributed by atoms with van der Waals surface area (Å²) in [5.74, 6) is -2.29. The highest BCUT2D eigenvalue weighted by molar-refractivity contribution is 6.31. The van der Waals surface area contributed by atoms with Gasteiger partial charge in [-0.3, -0.25) is 4.79 Å². The van der Waals surface area contributed by atoms with Crippen LogP contribution in [0.15, 0.2) is 36.4 Å². The van der Waals surface area contributed by atoms with E-state index in [1.54, 1.807) is 24.3 Å². The third-order valence-electron chi connectivity index (χ3n) is 3.21. The van der Waals surface area contributed by atoms with Crippen molar-refractivity contribution in [2.75, 3.05) is 6.54 Å². The van der Waals surface area contributed by atoms with Gasteiger partial charge in [-0.1, -0.05) is 29.8 Å². The van der Waals surface area contributed by atoms with E-state index in [4.69, 9.17) is 11.6 Å². The first kappa shape index (κ1) is 16.4. The van der Waals surface area contributed by atoms with Gasteiger partial charge in [-0.15, -0.1) is 0 Å². The molecule has 0 aromatic heterocycles. The highest BCUT2D eigenvalue weighted by Crippen LogP contribution is 2.22. The Morgan fingerprint density at radius 3 is 2.64 bits per heavy atom. The summed E-state index contributed by atoms with van der Waals surface area (Å²) in [4.78, 5) is 11.9. The van der Waals surface area contributed by atoms with E-state index in [9.17, 15) is 18.7 Å². The Morgan fingerprint density at radius 1 is 1.27 bits per heavy atom.